The summed E-state index contributed by atoms with van der Waals surface area (Å²) in [5, 5.41) is 29.1. The van der Waals surface area contributed by atoms with Gasteiger partial charge in [-0.15, -0.1) is 0 Å². The number of allylic oxidation sites excluding steroid dienone is 1. The Morgan fingerprint density at radius 2 is 2.12 bits per heavy atom. The minimum atomic E-state index is -1.40. The van der Waals surface area contributed by atoms with Crippen LogP contribution in [0.3, 0.4) is 0 Å². The molecule has 0 amide bonds. The largest absolute Gasteiger partial charge is 0.394 e. The quantitative estimate of drug-likeness (QED) is 0.509. The molecule has 1 aromatic rings. The highest BCUT2D eigenvalue weighted by Gasteiger charge is 2.43. The number of hydrogen-bond acceptors (Lipinski definition) is 8. The van der Waals surface area contributed by atoms with Gasteiger partial charge in [-0.05, 0) is 13.3 Å². The van der Waals surface area contributed by atoms with E-state index in [0.717, 1.165) is 16.6 Å². The van der Waals surface area contributed by atoms with Crippen molar-refractivity contribution in [2.75, 3.05) is 12.3 Å². The van der Waals surface area contributed by atoms with Crippen LogP contribution in [-0.2, 0) is 9.53 Å². The molecule has 0 saturated carbocycles. The summed E-state index contributed by atoms with van der Waals surface area (Å²) in [5.41, 5.74) is 6.19. The van der Waals surface area contributed by atoms with Gasteiger partial charge in [-0.1, -0.05) is 18.6 Å². The summed E-state index contributed by atoms with van der Waals surface area (Å²) in [7, 11) is 0. The Balaban J connectivity index is 2.32. The predicted molar refractivity (Wildman–Crippen MR) is 94.1 cm³/mol. The van der Waals surface area contributed by atoms with E-state index in [2.05, 4.69) is 4.98 Å². The maximum Gasteiger partial charge on any atom is 0.351 e. The number of rotatable bonds is 7. The second-order valence-electron chi connectivity index (χ2n) is 6.46. The summed E-state index contributed by atoms with van der Waals surface area (Å²) in [4.78, 5) is 27.6. The normalized spacial score (nSPS) is 26.3. The first kappa shape index (κ1) is 20.2. The van der Waals surface area contributed by atoms with Gasteiger partial charge in [0.15, 0.2) is 6.23 Å². The number of nitrogens with two attached hydrogens (primary N) is 1. The maximum absolute atomic E-state index is 12.1. The van der Waals surface area contributed by atoms with Crippen molar-refractivity contribution in [3.63, 3.8) is 0 Å². The molecule has 2 heterocycles. The molecule has 0 aromatic carbocycles. The van der Waals surface area contributed by atoms with Crippen LogP contribution in [0.4, 0.5) is 5.82 Å². The molecule has 0 unspecified atom stereocenters. The third kappa shape index (κ3) is 4.36. The van der Waals surface area contributed by atoms with Crippen LogP contribution in [0.1, 0.15) is 44.9 Å². The van der Waals surface area contributed by atoms with Crippen LogP contribution in [-0.4, -0.2) is 55.6 Å². The molecule has 0 aliphatic carbocycles. The van der Waals surface area contributed by atoms with E-state index in [9.17, 15) is 24.9 Å². The van der Waals surface area contributed by atoms with Crippen LogP contribution in [0.5, 0.6) is 0 Å². The lowest BCUT2D eigenvalue weighted by Gasteiger charge is -2.18. The number of Topliss-reactive ketones (excluding diaryl/α,β-unsaturated/α-hetero) is 1. The smallest absolute Gasteiger partial charge is 0.351 e. The molecule has 2 rings (SSSR count). The van der Waals surface area contributed by atoms with Gasteiger partial charge in [-0.2, -0.15) is 4.98 Å². The summed E-state index contributed by atoms with van der Waals surface area (Å²) in [6.07, 6.45) is -0.413. The topological polar surface area (TPSA) is 148 Å². The molecule has 9 heteroatoms. The molecule has 144 valence electrons. The molecule has 26 heavy (non-hydrogen) atoms. The van der Waals surface area contributed by atoms with Gasteiger partial charge in [-0.3, -0.25) is 9.36 Å². The van der Waals surface area contributed by atoms with Gasteiger partial charge in [-0.25, -0.2) is 4.79 Å². The monoisotopic (exact) mass is 367 g/mol. The van der Waals surface area contributed by atoms with Crippen molar-refractivity contribution in [2.45, 2.75) is 57.6 Å². The molecular formula is C17H25N3O6. The Hall–Kier alpha value is -2.07. The van der Waals surface area contributed by atoms with Crippen molar-refractivity contribution in [3.05, 3.63) is 27.8 Å². The van der Waals surface area contributed by atoms with Crippen LogP contribution in [0.25, 0.3) is 6.08 Å². The van der Waals surface area contributed by atoms with E-state index < -0.39 is 36.8 Å². The van der Waals surface area contributed by atoms with Gasteiger partial charge >= 0.3 is 5.69 Å². The highest BCUT2D eigenvalue weighted by Crippen LogP contribution is 2.28. The molecule has 1 saturated heterocycles. The summed E-state index contributed by atoms with van der Waals surface area (Å²) < 4.78 is 6.38. The van der Waals surface area contributed by atoms with Gasteiger partial charge in [0.2, 0.25) is 0 Å². The fraction of sp³-hybridized carbons (Fsp3) is 0.588. The van der Waals surface area contributed by atoms with E-state index in [4.69, 9.17) is 10.5 Å². The zero-order valence-corrected chi connectivity index (χ0v) is 14.8. The minimum Gasteiger partial charge on any atom is -0.394 e. The lowest BCUT2D eigenvalue weighted by atomic mass is 10.1. The fourth-order valence-corrected chi connectivity index (χ4v) is 2.89. The van der Waals surface area contributed by atoms with Gasteiger partial charge in [0.05, 0.1) is 6.61 Å². The first-order valence-electron chi connectivity index (χ1n) is 8.48. The van der Waals surface area contributed by atoms with Crippen molar-refractivity contribution in [3.8, 4) is 0 Å². The standard InChI is InChI=1S/C17H25N3O6/c1-3-4-11(22)6-9(2)5-10-7-20(17(25)19-15(10)18)16-14(24)13(23)12(8-21)26-16/h5,7,12-14,16,21,23-24H,3-4,6,8H2,1-2H3,(H2,18,19,25)/b9-5+/t12-,13-,14-,16-/m1/s1. The van der Waals surface area contributed by atoms with Crippen molar-refractivity contribution < 1.29 is 24.9 Å². The lowest BCUT2D eigenvalue weighted by molar-refractivity contribution is -0.118. The molecule has 1 aromatic heterocycles. The van der Waals surface area contributed by atoms with Crippen molar-refractivity contribution >= 4 is 17.7 Å². The first-order chi connectivity index (χ1) is 12.3. The molecule has 1 fully saturated rings. The molecule has 0 spiro atoms. The SMILES string of the molecule is CCCC(=O)C/C(C)=C/c1cn([C@@H]2O[C@H](CO)[C@@H](O)[C@H]2O)c(=O)nc1N. The number of nitrogens with zero attached hydrogens (tertiary/aromatic N) is 2. The maximum atomic E-state index is 12.1. The summed E-state index contributed by atoms with van der Waals surface area (Å²) in [5.74, 6) is 0.0878. The molecule has 1 aliphatic rings. The van der Waals surface area contributed by atoms with Crippen molar-refractivity contribution in [2.24, 2.45) is 0 Å². The highest BCUT2D eigenvalue weighted by molar-refractivity contribution is 5.82. The number of hydrogen-bond donors (Lipinski definition) is 4. The Kier molecular flexibility index (Phi) is 6.65. The third-order valence-electron chi connectivity index (χ3n) is 4.21. The zero-order chi connectivity index (χ0) is 19.4. The molecule has 5 N–H and O–H groups in total. The van der Waals surface area contributed by atoms with Crippen LogP contribution < -0.4 is 11.4 Å². The van der Waals surface area contributed by atoms with Gasteiger partial charge in [0.25, 0.3) is 0 Å². The number of ether oxygens (including phenoxy) is 1. The Labute approximate surface area is 150 Å². The van der Waals surface area contributed by atoms with E-state index in [1.165, 1.54) is 6.20 Å². The van der Waals surface area contributed by atoms with E-state index in [-0.39, 0.29) is 18.0 Å². The molecule has 4 atom stereocenters. The Morgan fingerprint density at radius 1 is 1.42 bits per heavy atom. The van der Waals surface area contributed by atoms with Crippen molar-refractivity contribution in [1.82, 2.24) is 9.55 Å². The third-order valence-corrected chi connectivity index (χ3v) is 4.21. The van der Waals surface area contributed by atoms with E-state index in [1.54, 1.807) is 13.0 Å². The number of ketones is 1. The lowest BCUT2D eigenvalue weighted by Crippen LogP contribution is -2.36. The summed E-state index contributed by atoms with van der Waals surface area (Å²) in [6.45, 7) is 3.20. The molecule has 0 bridgehead atoms. The summed E-state index contributed by atoms with van der Waals surface area (Å²) >= 11 is 0. The second kappa shape index (κ2) is 8.54. The Bertz CT molecular complexity index is 745. The van der Waals surface area contributed by atoms with E-state index >= 15 is 0 Å². The van der Waals surface area contributed by atoms with Gasteiger partial charge in [0.1, 0.15) is 29.9 Å². The number of carbonyl (C=O) groups is 1. The first-order valence-corrected chi connectivity index (χ1v) is 8.48. The molecule has 9 nitrogen and oxygen atoms in total. The highest BCUT2D eigenvalue weighted by atomic mass is 16.6. The number of carbonyl (C=O) groups excluding carboxylic acids is 1. The van der Waals surface area contributed by atoms with Crippen LogP contribution in [0.2, 0.25) is 0 Å². The average molecular weight is 367 g/mol. The minimum absolute atomic E-state index is 0.0136. The number of nitrogen functional groups attached to an aromatic ring is 1. The predicted octanol–water partition coefficient (Wildman–Crippen LogP) is -0.400. The second-order valence-corrected chi connectivity index (χ2v) is 6.46. The average Bonchev–Trinajstić information content (AvgIpc) is 2.85. The number of aromatic nitrogens is 2. The Morgan fingerprint density at radius 3 is 2.69 bits per heavy atom. The van der Waals surface area contributed by atoms with Crippen LogP contribution in [0, 0.1) is 0 Å². The molecule has 1 aliphatic heterocycles. The summed E-state index contributed by atoms with van der Waals surface area (Å²) in [6, 6.07) is 0. The number of aliphatic hydroxyl groups is 3. The molecule has 0 radical (unpaired) electrons. The fourth-order valence-electron chi connectivity index (χ4n) is 2.89. The number of anilines is 1. The van der Waals surface area contributed by atoms with E-state index in [0.29, 0.717) is 12.0 Å². The van der Waals surface area contributed by atoms with Crippen LogP contribution >= 0.6 is 0 Å². The zero-order valence-electron chi connectivity index (χ0n) is 14.8. The molecular weight excluding hydrogens is 342 g/mol. The van der Waals surface area contributed by atoms with Gasteiger partial charge in [0, 0.05) is 24.6 Å². The van der Waals surface area contributed by atoms with Gasteiger partial charge < -0.3 is 25.8 Å². The number of aliphatic hydroxyl groups excluding tert-OH is 3. The van der Waals surface area contributed by atoms with E-state index in [1.807, 2.05) is 6.92 Å². The van der Waals surface area contributed by atoms with Crippen molar-refractivity contribution in [1.29, 1.82) is 0 Å². The van der Waals surface area contributed by atoms with Crippen LogP contribution in [0.15, 0.2) is 16.6 Å².